The molecule has 4 nitrogen and oxygen atoms in total. The van der Waals surface area contributed by atoms with Crippen molar-refractivity contribution in [1.82, 2.24) is 0 Å². The van der Waals surface area contributed by atoms with Crippen LogP contribution in [0.15, 0.2) is 60.7 Å². The highest BCUT2D eigenvalue weighted by Crippen LogP contribution is 2.53. The van der Waals surface area contributed by atoms with E-state index in [4.69, 9.17) is 18.9 Å². The first kappa shape index (κ1) is 15.8. The zero-order valence-corrected chi connectivity index (χ0v) is 13.6. The first-order valence-corrected chi connectivity index (χ1v) is 8.42. The lowest BCUT2D eigenvalue weighted by Gasteiger charge is -2.53. The highest BCUT2D eigenvalue weighted by atomic mass is 16.7. The maximum absolute atomic E-state index is 6.35. The molecule has 0 amide bonds. The summed E-state index contributed by atoms with van der Waals surface area (Å²) in [6.07, 6.45) is 1.48. The fourth-order valence-corrected chi connectivity index (χ4v) is 3.95. The van der Waals surface area contributed by atoms with Crippen LogP contribution in [-0.2, 0) is 30.1 Å². The van der Waals surface area contributed by atoms with Crippen molar-refractivity contribution in [3.63, 3.8) is 0 Å². The average molecular weight is 326 g/mol. The van der Waals surface area contributed by atoms with Gasteiger partial charge in [0.1, 0.15) is 24.8 Å². The molecule has 0 spiro atoms. The molecule has 2 atom stereocenters. The Morgan fingerprint density at radius 3 is 1.33 bits per heavy atom. The summed E-state index contributed by atoms with van der Waals surface area (Å²) in [5.74, 6) is 0. The van der Waals surface area contributed by atoms with Crippen molar-refractivity contribution in [3.8, 4) is 0 Å². The second-order valence-electron chi connectivity index (χ2n) is 6.23. The van der Waals surface area contributed by atoms with E-state index in [9.17, 15) is 0 Å². The molecule has 4 heteroatoms. The minimum absolute atomic E-state index is 0.272. The Balaban J connectivity index is 1.90. The van der Waals surface area contributed by atoms with Gasteiger partial charge in [0, 0.05) is 12.8 Å². The quantitative estimate of drug-likeness (QED) is 0.864. The van der Waals surface area contributed by atoms with E-state index in [1.165, 1.54) is 0 Å². The molecule has 0 bridgehead atoms. The maximum atomic E-state index is 6.35. The fraction of sp³-hybridized carbons (Fsp3) is 0.400. The molecule has 0 radical (unpaired) electrons. The van der Waals surface area contributed by atoms with Gasteiger partial charge >= 0.3 is 0 Å². The van der Waals surface area contributed by atoms with Gasteiger partial charge in [-0.05, 0) is 11.1 Å². The molecule has 0 aliphatic carbocycles. The minimum Gasteiger partial charge on any atom is -0.355 e. The third-order valence-corrected chi connectivity index (χ3v) is 5.11. The van der Waals surface area contributed by atoms with Crippen molar-refractivity contribution >= 4 is 0 Å². The number of hydrogen-bond donors (Lipinski definition) is 0. The van der Waals surface area contributed by atoms with E-state index in [1.807, 2.05) is 36.4 Å². The summed E-state index contributed by atoms with van der Waals surface area (Å²) in [4.78, 5) is 0. The Morgan fingerprint density at radius 2 is 1.00 bits per heavy atom. The Labute approximate surface area is 142 Å². The zero-order chi connectivity index (χ0) is 16.3. The molecule has 2 unspecified atom stereocenters. The van der Waals surface area contributed by atoms with E-state index < -0.39 is 11.2 Å². The van der Waals surface area contributed by atoms with Crippen LogP contribution in [0.25, 0.3) is 0 Å². The van der Waals surface area contributed by atoms with E-state index in [2.05, 4.69) is 24.3 Å². The van der Waals surface area contributed by atoms with Crippen LogP contribution in [0.3, 0.4) is 0 Å². The van der Waals surface area contributed by atoms with Gasteiger partial charge in [-0.25, -0.2) is 0 Å². The predicted octanol–water partition coefficient (Wildman–Crippen LogP) is 3.57. The summed E-state index contributed by atoms with van der Waals surface area (Å²) in [5.41, 5.74) is 1.08. The average Bonchev–Trinajstić information content (AvgIpc) is 2.70. The summed E-state index contributed by atoms with van der Waals surface area (Å²) in [5, 5.41) is 0. The monoisotopic (exact) mass is 326 g/mol. The SMILES string of the molecule is c1ccc(C2(C3(c4ccccc4)CCOCO3)CCOCO2)cc1. The molecule has 2 aliphatic rings. The van der Waals surface area contributed by atoms with Gasteiger partial charge in [0.05, 0.1) is 13.2 Å². The summed E-state index contributed by atoms with van der Waals surface area (Å²) >= 11 is 0. The molecular formula is C20H22O4. The molecule has 126 valence electrons. The Hall–Kier alpha value is -1.72. The predicted molar refractivity (Wildman–Crippen MR) is 89.3 cm³/mol. The molecule has 2 aromatic rings. The zero-order valence-electron chi connectivity index (χ0n) is 13.6. The van der Waals surface area contributed by atoms with Crippen LogP contribution < -0.4 is 0 Å². The van der Waals surface area contributed by atoms with Crippen molar-refractivity contribution in [1.29, 1.82) is 0 Å². The smallest absolute Gasteiger partial charge is 0.148 e. The van der Waals surface area contributed by atoms with Crippen molar-refractivity contribution in [2.75, 3.05) is 26.8 Å². The van der Waals surface area contributed by atoms with Crippen LogP contribution in [-0.4, -0.2) is 26.8 Å². The standard InChI is InChI=1S/C20H22O4/c1-3-7-17(8-4-1)19(11-13-21-15-23-19)20(12-14-22-16-24-20)18-9-5-2-6-10-18/h1-10H,11-16H2. The lowest BCUT2D eigenvalue weighted by atomic mass is 9.69. The van der Waals surface area contributed by atoms with Crippen LogP contribution in [0, 0.1) is 0 Å². The fourth-order valence-electron chi connectivity index (χ4n) is 3.95. The summed E-state index contributed by atoms with van der Waals surface area (Å²) in [6, 6.07) is 20.7. The topological polar surface area (TPSA) is 36.9 Å². The highest BCUT2D eigenvalue weighted by Gasteiger charge is 2.57. The third kappa shape index (κ3) is 2.47. The summed E-state index contributed by atoms with van der Waals surface area (Å²) in [6.45, 7) is 1.84. The number of ether oxygens (including phenoxy) is 4. The first-order chi connectivity index (χ1) is 11.9. The third-order valence-electron chi connectivity index (χ3n) is 5.11. The molecule has 24 heavy (non-hydrogen) atoms. The van der Waals surface area contributed by atoms with Crippen molar-refractivity contribution in [2.24, 2.45) is 0 Å². The Bertz CT molecular complexity index is 584. The second kappa shape index (κ2) is 6.65. The lowest BCUT2D eigenvalue weighted by molar-refractivity contribution is -0.326. The Morgan fingerprint density at radius 1 is 0.583 bits per heavy atom. The summed E-state index contributed by atoms with van der Waals surface area (Å²) in [7, 11) is 0. The van der Waals surface area contributed by atoms with Gasteiger partial charge < -0.3 is 18.9 Å². The van der Waals surface area contributed by atoms with Gasteiger partial charge in [-0.15, -0.1) is 0 Å². The van der Waals surface area contributed by atoms with Crippen LogP contribution in [0.5, 0.6) is 0 Å². The molecule has 2 fully saturated rings. The molecule has 2 heterocycles. The Kier molecular flexibility index (Phi) is 4.37. The van der Waals surface area contributed by atoms with Gasteiger partial charge in [-0.3, -0.25) is 0 Å². The van der Waals surface area contributed by atoms with Crippen molar-refractivity contribution < 1.29 is 18.9 Å². The van der Waals surface area contributed by atoms with E-state index in [-0.39, 0.29) is 13.6 Å². The molecule has 4 rings (SSSR count). The van der Waals surface area contributed by atoms with E-state index in [0.29, 0.717) is 13.2 Å². The van der Waals surface area contributed by atoms with Gasteiger partial charge in [-0.1, -0.05) is 60.7 Å². The minimum atomic E-state index is -0.586. The molecule has 0 N–H and O–H groups in total. The second-order valence-corrected chi connectivity index (χ2v) is 6.23. The molecule has 2 aliphatic heterocycles. The van der Waals surface area contributed by atoms with Gasteiger partial charge in [-0.2, -0.15) is 0 Å². The highest BCUT2D eigenvalue weighted by molar-refractivity contribution is 5.35. The van der Waals surface area contributed by atoms with Crippen molar-refractivity contribution in [2.45, 2.75) is 24.0 Å². The maximum Gasteiger partial charge on any atom is 0.148 e. The normalized spacial score (nSPS) is 30.8. The van der Waals surface area contributed by atoms with Gasteiger partial charge in [0.15, 0.2) is 0 Å². The van der Waals surface area contributed by atoms with Crippen LogP contribution in [0.4, 0.5) is 0 Å². The van der Waals surface area contributed by atoms with Gasteiger partial charge in [0.2, 0.25) is 0 Å². The number of hydrogen-bond acceptors (Lipinski definition) is 4. The van der Waals surface area contributed by atoms with E-state index in [0.717, 1.165) is 24.0 Å². The molecule has 2 saturated heterocycles. The van der Waals surface area contributed by atoms with Gasteiger partial charge in [0.25, 0.3) is 0 Å². The largest absolute Gasteiger partial charge is 0.355 e. The van der Waals surface area contributed by atoms with Crippen LogP contribution in [0.1, 0.15) is 24.0 Å². The number of rotatable bonds is 3. The van der Waals surface area contributed by atoms with E-state index >= 15 is 0 Å². The molecule has 2 aromatic carbocycles. The molecule has 0 aromatic heterocycles. The first-order valence-electron chi connectivity index (χ1n) is 8.42. The molecule has 0 saturated carbocycles. The van der Waals surface area contributed by atoms with Crippen LogP contribution >= 0.6 is 0 Å². The summed E-state index contributed by atoms with van der Waals surface area (Å²) < 4.78 is 23.7. The number of benzene rings is 2. The lowest BCUT2D eigenvalue weighted by Crippen LogP contribution is -2.57. The van der Waals surface area contributed by atoms with E-state index in [1.54, 1.807) is 0 Å². The van der Waals surface area contributed by atoms with Crippen molar-refractivity contribution in [3.05, 3.63) is 71.8 Å². The van der Waals surface area contributed by atoms with Crippen LogP contribution in [0.2, 0.25) is 0 Å². The molecular weight excluding hydrogens is 304 g/mol.